The molecular formula is C36H33FN8O5S. The Morgan fingerprint density at radius 3 is 2.65 bits per heavy atom. The minimum atomic E-state index is -0.700. The Balaban J connectivity index is 0.886. The summed E-state index contributed by atoms with van der Waals surface area (Å²) >= 11 is 1.36. The lowest BCUT2D eigenvalue weighted by Crippen LogP contribution is -2.52. The Bertz CT molecular complexity index is 2170. The third-order valence-electron chi connectivity index (χ3n) is 8.61. The molecule has 1 fully saturated rings. The molecule has 0 saturated carbocycles. The van der Waals surface area contributed by atoms with Crippen molar-refractivity contribution in [2.45, 2.75) is 25.4 Å². The van der Waals surface area contributed by atoms with Crippen LogP contribution in [0.4, 0.5) is 15.9 Å². The summed E-state index contributed by atoms with van der Waals surface area (Å²) in [5.41, 5.74) is 4.24. The van der Waals surface area contributed by atoms with Crippen molar-refractivity contribution in [3.8, 4) is 27.6 Å². The molecule has 51 heavy (non-hydrogen) atoms. The molecule has 5 heterocycles. The van der Waals surface area contributed by atoms with Crippen LogP contribution in [0, 0.1) is 5.95 Å². The van der Waals surface area contributed by atoms with Gasteiger partial charge in [-0.3, -0.25) is 24.5 Å². The number of carbonyl (C=O) groups is 4. The molecule has 4 amide bonds. The van der Waals surface area contributed by atoms with Gasteiger partial charge >= 0.3 is 0 Å². The number of hydrogen-bond donors (Lipinski definition) is 3. The molecule has 1 saturated heterocycles. The number of imide groups is 1. The lowest BCUT2D eigenvalue weighted by Gasteiger charge is -2.29. The number of pyridine rings is 2. The summed E-state index contributed by atoms with van der Waals surface area (Å²) in [4.78, 5) is 65.6. The number of fused-ring (bicyclic) bond motifs is 2. The van der Waals surface area contributed by atoms with E-state index in [1.165, 1.54) is 16.2 Å². The molecular weight excluding hydrogens is 676 g/mol. The van der Waals surface area contributed by atoms with Gasteiger partial charge in [-0.1, -0.05) is 0 Å². The van der Waals surface area contributed by atoms with Gasteiger partial charge in [0.25, 0.3) is 11.8 Å². The fourth-order valence-corrected chi connectivity index (χ4v) is 6.97. The van der Waals surface area contributed by atoms with E-state index in [-0.39, 0.29) is 43.7 Å². The number of aromatic nitrogens is 3. The van der Waals surface area contributed by atoms with Gasteiger partial charge in [0.05, 0.1) is 21.5 Å². The second-order valence-corrected chi connectivity index (χ2v) is 13.4. The van der Waals surface area contributed by atoms with Crippen LogP contribution in [0.1, 0.15) is 28.8 Å². The van der Waals surface area contributed by atoms with Crippen LogP contribution in [-0.2, 0) is 20.9 Å². The first-order valence-electron chi connectivity index (χ1n) is 16.2. The molecule has 0 radical (unpaired) electrons. The fourth-order valence-electron chi connectivity index (χ4n) is 5.96. The van der Waals surface area contributed by atoms with Gasteiger partial charge in [0.1, 0.15) is 22.6 Å². The maximum absolute atomic E-state index is 15.2. The Labute approximate surface area is 295 Å². The number of halogens is 1. The molecule has 3 N–H and O–H groups in total. The summed E-state index contributed by atoms with van der Waals surface area (Å²) in [7, 11) is 3.80. The van der Waals surface area contributed by atoms with Crippen LogP contribution in [0.15, 0.2) is 66.9 Å². The Hall–Kier alpha value is -5.96. The van der Waals surface area contributed by atoms with E-state index in [2.05, 4.69) is 30.9 Å². The van der Waals surface area contributed by atoms with E-state index in [0.29, 0.717) is 51.8 Å². The largest absolute Gasteiger partial charge is 0.484 e. The average molecular weight is 709 g/mol. The SMILES string of the molecule is CN(C)c1ccc(-c2ccc(-c3nc4ccc(NCCNC(=O)COc5ccc6c(c5)CN(C5CCC(=O)NC5=O)C6=O)cc4s3)c(F)n2)cn1. The highest BCUT2D eigenvalue weighted by atomic mass is 32.1. The van der Waals surface area contributed by atoms with Crippen molar-refractivity contribution >= 4 is 56.7 Å². The van der Waals surface area contributed by atoms with Crippen molar-refractivity contribution in [1.29, 1.82) is 0 Å². The zero-order valence-electron chi connectivity index (χ0n) is 27.7. The minimum Gasteiger partial charge on any atom is -0.484 e. The summed E-state index contributed by atoms with van der Waals surface area (Å²) in [5.74, 6) is -0.784. The summed E-state index contributed by atoms with van der Waals surface area (Å²) in [5, 5.41) is 8.90. The van der Waals surface area contributed by atoms with E-state index in [0.717, 1.165) is 21.7 Å². The molecule has 1 atom stereocenters. The predicted octanol–water partition coefficient (Wildman–Crippen LogP) is 3.99. The van der Waals surface area contributed by atoms with E-state index >= 15 is 4.39 Å². The molecule has 3 aromatic heterocycles. The molecule has 1 unspecified atom stereocenters. The zero-order chi connectivity index (χ0) is 35.6. The number of nitrogens with zero attached hydrogens (tertiary/aromatic N) is 5. The smallest absolute Gasteiger partial charge is 0.258 e. The molecule has 2 aliphatic rings. The molecule has 2 aliphatic heterocycles. The van der Waals surface area contributed by atoms with Gasteiger partial charge < -0.3 is 25.2 Å². The highest BCUT2D eigenvalue weighted by Gasteiger charge is 2.39. The highest BCUT2D eigenvalue weighted by molar-refractivity contribution is 7.21. The van der Waals surface area contributed by atoms with E-state index in [4.69, 9.17) is 4.74 Å². The third kappa shape index (κ3) is 7.19. The molecule has 260 valence electrons. The second-order valence-electron chi connectivity index (χ2n) is 12.3. The van der Waals surface area contributed by atoms with Crippen LogP contribution in [0.3, 0.4) is 0 Å². The first-order chi connectivity index (χ1) is 24.6. The molecule has 0 aliphatic carbocycles. The van der Waals surface area contributed by atoms with E-state index in [1.54, 1.807) is 36.5 Å². The van der Waals surface area contributed by atoms with Gasteiger partial charge in [-0.2, -0.15) is 4.39 Å². The van der Waals surface area contributed by atoms with Gasteiger partial charge in [0, 0.05) is 63.2 Å². The van der Waals surface area contributed by atoms with Crippen molar-refractivity contribution in [1.82, 2.24) is 30.5 Å². The molecule has 0 bridgehead atoms. The van der Waals surface area contributed by atoms with Crippen molar-refractivity contribution in [2.75, 3.05) is 44.0 Å². The number of rotatable bonds is 11. The Morgan fingerprint density at radius 1 is 1.04 bits per heavy atom. The molecule has 2 aromatic carbocycles. The summed E-state index contributed by atoms with van der Waals surface area (Å²) in [6.07, 6.45) is 2.13. The number of benzene rings is 2. The summed E-state index contributed by atoms with van der Waals surface area (Å²) < 4.78 is 21.7. The van der Waals surface area contributed by atoms with Crippen LogP contribution in [0.5, 0.6) is 5.75 Å². The van der Waals surface area contributed by atoms with Crippen LogP contribution < -0.4 is 25.6 Å². The standard InChI is InChI=1S/C36H33FN8O5S/c1-44(2)30-11-3-20(17-40-30)26-9-7-25(33(37)41-26)35-42-27-8-4-22(16-29(27)51-35)38-13-14-39-32(47)19-50-23-5-6-24-21(15-23)18-45(36(24)49)28-10-12-31(46)43-34(28)48/h3-9,11,15-17,28,38H,10,12-14,18-19H2,1-2H3,(H,39,47)(H,43,46,48). The molecule has 13 nitrogen and oxygen atoms in total. The average Bonchev–Trinajstić information content (AvgIpc) is 3.69. The number of nitrogens with one attached hydrogen (secondary N) is 3. The number of amides is 4. The lowest BCUT2D eigenvalue weighted by molar-refractivity contribution is -0.137. The maximum Gasteiger partial charge on any atom is 0.258 e. The molecule has 7 rings (SSSR count). The third-order valence-corrected chi connectivity index (χ3v) is 9.66. The minimum absolute atomic E-state index is 0.182. The van der Waals surface area contributed by atoms with Gasteiger partial charge in [0.2, 0.25) is 17.8 Å². The molecule has 15 heteroatoms. The van der Waals surface area contributed by atoms with Crippen LogP contribution in [0.25, 0.3) is 32.0 Å². The number of carbonyl (C=O) groups excluding carboxylic acids is 4. The van der Waals surface area contributed by atoms with Crippen LogP contribution >= 0.6 is 11.3 Å². The lowest BCUT2D eigenvalue weighted by atomic mass is 10.0. The van der Waals surface area contributed by atoms with E-state index in [9.17, 15) is 19.2 Å². The topological polar surface area (TPSA) is 159 Å². The first kappa shape index (κ1) is 33.5. The number of piperidine rings is 1. The van der Waals surface area contributed by atoms with Gasteiger partial charge in [-0.25, -0.2) is 15.0 Å². The summed E-state index contributed by atoms with van der Waals surface area (Å²) in [6, 6.07) is 17.0. The van der Waals surface area contributed by atoms with Crippen LogP contribution in [-0.4, -0.2) is 83.3 Å². The highest BCUT2D eigenvalue weighted by Crippen LogP contribution is 2.34. The van der Waals surface area contributed by atoms with E-state index < -0.39 is 17.9 Å². The molecule has 5 aromatic rings. The van der Waals surface area contributed by atoms with E-state index in [1.807, 2.05) is 49.3 Å². The zero-order valence-corrected chi connectivity index (χ0v) is 28.6. The number of anilines is 2. The Kier molecular flexibility index (Phi) is 9.28. The van der Waals surface area contributed by atoms with Gasteiger partial charge in [0.15, 0.2) is 6.61 Å². The van der Waals surface area contributed by atoms with Crippen LogP contribution in [0.2, 0.25) is 0 Å². The number of thiazole rings is 1. The van der Waals surface area contributed by atoms with Crippen molar-refractivity contribution < 1.29 is 28.3 Å². The van der Waals surface area contributed by atoms with Crippen molar-refractivity contribution in [2.24, 2.45) is 0 Å². The van der Waals surface area contributed by atoms with Crippen molar-refractivity contribution in [3.63, 3.8) is 0 Å². The normalized spacial score (nSPS) is 15.5. The quantitative estimate of drug-likeness (QED) is 0.104. The maximum atomic E-state index is 15.2. The predicted molar refractivity (Wildman–Crippen MR) is 190 cm³/mol. The first-order valence-corrected chi connectivity index (χ1v) is 17.1. The second kappa shape index (κ2) is 14.1. The van der Waals surface area contributed by atoms with Gasteiger partial charge in [-0.15, -0.1) is 11.3 Å². The number of hydrogen-bond acceptors (Lipinski definition) is 11. The number of ether oxygens (including phenoxy) is 1. The van der Waals surface area contributed by atoms with Gasteiger partial charge in [-0.05, 0) is 72.6 Å². The fraction of sp³-hybridized carbons (Fsp3) is 0.250. The Morgan fingerprint density at radius 2 is 1.88 bits per heavy atom. The monoisotopic (exact) mass is 708 g/mol. The summed E-state index contributed by atoms with van der Waals surface area (Å²) in [6.45, 7) is 0.788. The van der Waals surface area contributed by atoms with Crippen molar-refractivity contribution in [3.05, 3.63) is 83.9 Å². The molecule has 0 spiro atoms.